The molecular formula is C9H8Br2FNO. The van der Waals surface area contributed by atoms with Gasteiger partial charge in [-0.05, 0) is 18.2 Å². The van der Waals surface area contributed by atoms with E-state index in [4.69, 9.17) is 0 Å². The number of hydrogen-bond donors (Lipinski definition) is 1. The third kappa shape index (κ3) is 3.75. The van der Waals surface area contributed by atoms with Crippen LogP contribution in [0.25, 0.3) is 0 Å². The number of halogens is 3. The van der Waals surface area contributed by atoms with E-state index in [-0.39, 0.29) is 11.7 Å². The van der Waals surface area contributed by atoms with E-state index in [2.05, 4.69) is 37.2 Å². The van der Waals surface area contributed by atoms with Crippen molar-refractivity contribution in [1.29, 1.82) is 0 Å². The Morgan fingerprint density at radius 2 is 2.14 bits per heavy atom. The van der Waals surface area contributed by atoms with E-state index in [0.717, 1.165) is 0 Å². The first kappa shape index (κ1) is 11.7. The number of hydrogen-bond acceptors (Lipinski definition) is 1. The van der Waals surface area contributed by atoms with Gasteiger partial charge in [-0.3, -0.25) is 4.79 Å². The molecule has 0 spiro atoms. The van der Waals surface area contributed by atoms with Crippen molar-refractivity contribution in [2.75, 3.05) is 10.6 Å². The van der Waals surface area contributed by atoms with Gasteiger partial charge < -0.3 is 5.32 Å². The second-order valence-corrected chi connectivity index (χ2v) is 4.35. The fourth-order valence-electron chi connectivity index (χ4n) is 0.935. The van der Waals surface area contributed by atoms with Crippen LogP contribution in [0.5, 0.6) is 0 Å². The van der Waals surface area contributed by atoms with Gasteiger partial charge in [0.2, 0.25) is 5.91 Å². The molecule has 5 heteroatoms. The second kappa shape index (κ2) is 5.46. The van der Waals surface area contributed by atoms with Crippen LogP contribution in [0, 0.1) is 5.82 Å². The summed E-state index contributed by atoms with van der Waals surface area (Å²) in [4.78, 5) is 11.2. The molecule has 0 aromatic heterocycles. The molecule has 0 radical (unpaired) electrons. The molecule has 0 unspecified atom stereocenters. The van der Waals surface area contributed by atoms with Gasteiger partial charge >= 0.3 is 0 Å². The second-order valence-electron chi connectivity index (χ2n) is 2.65. The SMILES string of the molecule is O=C(CCBr)Nc1cc(F)cc(Br)c1. The van der Waals surface area contributed by atoms with Gasteiger partial charge in [0, 0.05) is 21.9 Å². The molecule has 1 amide bonds. The third-order valence-electron chi connectivity index (χ3n) is 1.47. The third-order valence-corrected chi connectivity index (χ3v) is 2.32. The summed E-state index contributed by atoms with van der Waals surface area (Å²) in [6, 6.07) is 4.26. The van der Waals surface area contributed by atoms with Crippen LogP contribution in [0.15, 0.2) is 22.7 Å². The van der Waals surface area contributed by atoms with Crippen molar-refractivity contribution in [3.63, 3.8) is 0 Å². The molecule has 1 N–H and O–H groups in total. The summed E-state index contributed by atoms with van der Waals surface area (Å²) in [5.74, 6) is -0.520. The maximum absolute atomic E-state index is 12.9. The van der Waals surface area contributed by atoms with Gasteiger partial charge in [0.15, 0.2) is 0 Å². The maximum atomic E-state index is 12.9. The number of carbonyl (C=O) groups excluding carboxylic acids is 1. The van der Waals surface area contributed by atoms with E-state index in [1.54, 1.807) is 6.07 Å². The van der Waals surface area contributed by atoms with Crippen LogP contribution >= 0.6 is 31.9 Å². The minimum Gasteiger partial charge on any atom is -0.326 e. The van der Waals surface area contributed by atoms with Gasteiger partial charge in [0.05, 0.1) is 0 Å². The molecule has 76 valence electrons. The molecule has 0 aliphatic heterocycles. The van der Waals surface area contributed by atoms with Crippen LogP contribution < -0.4 is 5.32 Å². The van der Waals surface area contributed by atoms with Gasteiger partial charge in [-0.15, -0.1) is 0 Å². The minimum absolute atomic E-state index is 0.139. The fourth-order valence-corrected chi connectivity index (χ4v) is 1.76. The summed E-state index contributed by atoms with van der Waals surface area (Å²) in [5.41, 5.74) is 0.461. The Morgan fingerprint density at radius 3 is 2.71 bits per heavy atom. The number of anilines is 1. The maximum Gasteiger partial charge on any atom is 0.225 e. The highest BCUT2D eigenvalue weighted by Gasteiger charge is 2.03. The lowest BCUT2D eigenvalue weighted by Gasteiger charge is -2.04. The molecule has 0 aliphatic carbocycles. The Hall–Kier alpha value is -0.420. The van der Waals surface area contributed by atoms with Gasteiger partial charge in [0.25, 0.3) is 0 Å². The number of nitrogens with one attached hydrogen (secondary N) is 1. The van der Waals surface area contributed by atoms with Crippen molar-refractivity contribution < 1.29 is 9.18 Å². The minimum atomic E-state index is -0.381. The zero-order valence-corrected chi connectivity index (χ0v) is 10.4. The van der Waals surface area contributed by atoms with Gasteiger partial charge in [-0.2, -0.15) is 0 Å². The van der Waals surface area contributed by atoms with Crippen molar-refractivity contribution in [1.82, 2.24) is 0 Å². The lowest BCUT2D eigenvalue weighted by atomic mass is 10.3. The molecule has 0 bridgehead atoms. The van der Waals surface area contributed by atoms with E-state index >= 15 is 0 Å². The molecule has 1 aromatic rings. The van der Waals surface area contributed by atoms with E-state index in [1.165, 1.54) is 12.1 Å². The topological polar surface area (TPSA) is 29.1 Å². The van der Waals surface area contributed by atoms with Crippen LogP contribution in [0.4, 0.5) is 10.1 Å². The van der Waals surface area contributed by atoms with Gasteiger partial charge in [0.1, 0.15) is 5.82 Å². The Balaban J connectivity index is 2.71. The van der Waals surface area contributed by atoms with Crippen LogP contribution in [0.1, 0.15) is 6.42 Å². The van der Waals surface area contributed by atoms with E-state index in [1.807, 2.05) is 0 Å². The predicted molar refractivity (Wildman–Crippen MR) is 61.1 cm³/mol. The van der Waals surface area contributed by atoms with Crippen LogP contribution in [0.3, 0.4) is 0 Å². The number of benzene rings is 1. The first-order chi connectivity index (χ1) is 6.61. The summed E-state index contributed by atoms with van der Waals surface area (Å²) in [7, 11) is 0. The molecular weight excluding hydrogens is 317 g/mol. The molecule has 0 heterocycles. The summed E-state index contributed by atoms with van der Waals surface area (Å²) < 4.78 is 13.5. The van der Waals surface area contributed by atoms with Crippen LogP contribution in [-0.2, 0) is 4.79 Å². The van der Waals surface area contributed by atoms with Crippen molar-refractivity contribution in [3.05, 3.63) is 28.5 Å². The van der Waals surface area contributed by atoms with Gasteiger partial charge in [-0.25, -0.2) is 4.39 Å². The molecule has 0 aliphatic rings. The standard InChI is InChI=1S/C9H8Br2FNO/c10-2-1-9(14)13-8-4-6(11)3-7(12)5-8/h3-5H,1-2H2,(H,13,14). The summed E-state index contributed by atoms with van der Waals surface area (Å²) in [6.45, 7) is 0. The number of carbonyl (C=O) groups is 1. The largest absolute Gasteiger partial charge is 0.326 e. The monoisotopic (exact) mass is 323 g/mol. The molecule has 1 rings (SSSR count). The van der Waals surface area contributed by atoms with Crippen molar-refractivity contribution >= 4 is 43.5 Å². The van der Waals surface area contributed by atoms with Crippen LogP contribution in [-0.4, -0.2) is 11.2 Å². The molecule has 14 heavy (non-hydrogen) atoms. The Kier molecular flexibility index (Phi) is 4.54. The predicted octanol–water partition coefficient (Wildman–Crippen LogP) is 3.31. The van der Waals surface area contributed by atoms with E-state index in [9.17, 15) is 9.18 Å². The zero-order chi connectivity index (χ0) is 10.6. The van der Waals surface area contributed by atoms with Crippen molar-refractivity contribution in [2.45, 2.75) is 6.42 Å². The first-order valence-corrected chi connectivity index (χ1v) is 5.85. The summed E-state index contributed by atoms with van der Waals surface area (Å²) >= 11 is 6.29. The van der Waals surface area contributed by atoms with E-state index < -0.39 is 0 Å². The van der Waals surface area contributed by atoms with Crippen LogP contribution in [0.2, 0.25) is 0 Å². The Bertz CT molecular complexity index is 323. The average Bonchev–Trinajstić information content (AvgIpc) is 2.01. The Morgan fingerprint density at radius 1 is 1.43 bits per heavy atom. The molecule has 2 nitrogen and oxygen atoms in total. The highest BCUT2D eigenvalue weighted by molar-refractivity contribution is 9.10. The molecule has 1 aromatic carbocycles. The summed E-state index contributed by atoms with van der Waals surface area (Å²) in [5, 5.41) is 3.18. The quantitative estimate of drug-likeness (QED) is 0.849. The lowest BCUT2D eigenvalue weighted by Crippen LogP contribution is -2.11. The zero-order valence-electron chi connectivity index (χ0n) is 7.19. The van der Waals surface area contributed by atoms with E-state index in [0.29, 0.717) is 21.9 Å². The highest BCUT2D eigenvalue weighted by atomic mass is 79.9. The molecule has 0 saturated heterocycles. The number of alkyl halides is 1. The summed E-state index contributed by atoms with van der Waals surface area (Å²) in [6.07, 6.45) is 0.369. The first-order valence-electron chi connectivity index (χ1n) is 3.93. The highest BCUT2D eigenvalue weighted by Crippen LogP contribution is 2.18. The lowest BCUT2D eigenvalue weighted by molar-refractivity contribution is -0.115. The molecule has 0 atom stereocenters. The van der Waals surface area contributed by atoms with Crippen molar-refractivity contribution in [2.24, 2.45) is 0 Å². The number of rotatable bonds is 3. The average molecular weight is 325 g/mol. The normalized spacial score (nSPS) is 9.93. The molecule has 0 fully saturated rings. The smallest absolute Gasteiger partial charge is 0.225 e. The number of amides is 1. The van der Waals surface area contributed by atoms with Gasteiger partial charge in [-0.1, -0.05) is 31.9 Å². The van der Waals surface area contributed by atoms with Crippen molar-refractivity contribution in [3.8, 4) is 0 Å². The molecule has 0 saturated carbocycles. The Labute approximate surface area is 98.1 Å². The fraction of sp³-hybridized carbons (Fsp3) is 0.222.